The van der Waals surface area contributed by atoms with Crippen molar-refractivity contribution in [3.8, 4) is 0 Å². The topological polar surface area (TPSA) is 49.3 Å². The van der Waals surface area contributed by atoms with E-state index in [1.807, 2.05) is 59.5 Å². The lowest BCUT2D eigenvalue weighted by Crippen LogP contribution is -2.49. The molecular formula is C21H19BrN4OS. The summed E-state index contributed by atoms with van der Waals surface area (Å²) in [6.07, 6.45) is 3.54. The standard InChI is InChI=1S/C21H19BrN4OS/c22-16-8-9-19(24-15-16)25-11-13-26(14-12-25)21(27)18-7-4-10-23-20(18)28-17-5-2-1-3-6-17/h1-10,15H,11-14H2. The van der Waals surface area contributed by atoms with Crippen LogP contribution in [0.4, 0.5) is 5.82 Å². The maximum absolute atomic E-state index is 13.1. The average Bonchev–Trinajstić information content (AvgIpc) is 2.75. The Bertz CT molecular complexity index is 944. The van der Waals surface area contributed by atoms with Gasteiger partial charge in [-0.1, -0.05) is 30.0 Å². The molecule has 0 bridgehead atoms. The van der Waals surface area contributed by atoms with Crippen LogP contribution in [0.3, 0.4) is 0 Å². The first-order chi connectivity index (χ1) is 13.7. The summed E-state index contributed by atoms with van der Waals surface area (Å²) in [5.41, 5.74) is 0.659. The van der Waals surface area contributed by atoms with Crippen molar-refractivity contribution >= 4 is 39.4 Å². The number of hydrogen-bond donors (Lipinski definition) is 0. The molecule has 28 heavy (non-hydrogen) atoms. The Morgan fingerprint density at radius 3 is 2.43 bits per heavy atom. The molecule has 1 amide bonds. The zero-order valence-electron chi connectivity index (χ0n) is 15.2. The van der Waals surface area contributed by atoms with E-state index in [2.05, 4.69) is 30.8 Å². The molecule has 0 spiro atoms. The van der Waals surface area contributed by atoms with Crippen molar-refractivity contribution in [3.05, 3.63) is 77.0 Å². The normalized spacial score (nSPS) is 14.2. The number of piperazine rings is 1. The molecule has 1 aromatic carbocycles. The highest BCUT2D eigenvalue weighted by molar-refractivity contribution is 9.10. The molecule has 0 atom stereocenters. The molecule has 0 unspecified atom stereocenters. The summed E-state index contributed by atoms with van der Waals surface area (Å²) in [6.45, 7) is 2.87. The summed E-state index contributed by atoms with van der Waals surface area (Å²) in [5, 5.41) is 0.746. The van der Waals surface area contributed by atoms with Crippen LogP contribution in [0.1, 0.15) is 10.4 Å². The molecular weight excluding hydrogens is 436 g/mol. The Morgan fingerprint density at radius 1 is 0.929 bits per heavy atom. The number of pyridine rings is 2. The first-order valence-corrected chi connectivity index (χ1v) is 10.7. The van der Waals surface area contributed by atoms with E-state index >= 15 is 0 Å². The largest absolute Gasteiger partial charge is 0.353 e. The third-order valence-electron chi connectivity index (χ3n) is 4.56. The number of hydrogen-bond acceptors (Lipinski definition) is 5. The first kappa shape index (κ1) is 19.0. The first-order valence-electron chi connectivity index (χ1n) is 9.04. The number of amides is 1. The van der Waals surface area contributed by atoms with Crippen molar-refractivity contribution < 1.29 is 4.79 Å². The third-order valence-corrected chi connectivity index (χ3v) is 6.06. The van der Waals surface area contributed by atoms with Crippen molar-refractivity contribution in [3.63, 3.8) is 0 Å². The van der Waals surface area contributed by atoms with Crippen LogP contribution in [0.25, 0.3) is 0 Å². The average molecular weight is 455 g/mol. The molecule has 142 valence electrons. The molecule has 2 aromatic heterocycles. The maximum atomic E-state index is 13.1. The Morgan fingerprint density at radius 2 is 1.71 bits per heavy atom. The predicted octanol–water partition coefficient (Wildman–Crippen LogP) is 4.35. The Hall–Kier alpha value is -2.38. The van der Waals surface area contributed by atoms with Gasteiger partial charge >= 0.3 is 0 Å². The van der Waals surface area contributed by atoms with E-state index in [4.69, 9.17) is 0 Å². The summed E-state index contributed by atoms with van der Waals surface area (Å²) in [4.78, 5) is 27.2. The second-order valence-electron chi connectivity index (χ2n) is 6.39. The van der Waals surface area contributed by atoms with Gasteiger partial charge in [-0.3, -0.25) is 4.79 Å². The zero-order valence-corrected chi connectivity index (χ0v) is 17.6. The number of nitrogens with zero attached hydrogens (tertiary/aromatic N) is 4. The van der Waals surface area contributed by atoms with E-state index in [1.54, 1.807) is 12.4 Å². The summed E-state index contributed by atoms with van der Waals surface area (Å²) in [6, 6.07) is 17.7. The SMILES string of the molecule is O=C(c1cccnc1Sc1ccccc1)N1CCN(c2ccc(Br)cn2)CC1. The highest BCUT2D eigenvalue weighted by Gasteiger charge is 2.25. The van der Waals surface area contributed by atoms with Crippen LogP contribution in [0.2, 0.25) is 0 Å². The van der Waals surface area contributed by atoms with E-state index < -0.39 is 0 Å². The number of halogens is 1. The minimum atomic E-state index is 0.0370. The predicted molar refractivity (Wildman–Crippen MR) is 115 cm³/mol. The fourth-order valence-electron chi connectivity index (χ4n) is 3.10. The van der Waals surface area contributed by atoms with Crippen molar-refractivity contribution in [2.24, 2.45) is 0 Å². The van der Waals surface area contributed by atoms with Crippen LogP contribution in [0.15, 0.2) is 81.4 Å². The molecule has 0 aliphatic carbocycles. The van der Waals surface area contributed by atoms with E-state index in [9.17, 15) is 4.79 Å². The molecule has 7 heteroatoms. The van der Waals surface area contributed by atoms with Crippen LogP contribution in [-0.4, -0.2) is 47.0 Å². The molecule has 3 heterocycles. The maximum Gasteiger partial charge on any atom is 0.256 e. The summed E-state index contributed by atoms with van der Waals surface area (Å²) >= 11 is 4.93. The smallest absolute Gasteiger partial charge is 0.256 e. The number of carbonyl (C=O) groups is 1. The highest BCUT2D eigenvalue weighted by atomic mass is 79.9. The van der Waals surface area contributed by atoms with Gasteiger partial charge in [-0.25, -0.2) is 9.97 Å². The van der Waals surface area contributed by atoms with Gasteiger partial charge in [-0.05, 0) is 52.3 Å². The van der Waals surface area contributed by atoms with E-state index in [1.165, 1.54) is 11.8 Å². The van der Waals surface area contributed by atoms with E-state index in [0.717, 1.165) is 33.3 Å². The van der Waals surface area contributed by atoms with Crippen molar-refractivity contribution in [1.82, 2.24) is 14.9 Å². The lowest BCUT2D eigenvalue weighted by Gasteiger charge is -2.35. The number of rotatable bonds is 4. The summed E-state index contributed by atoms with van der Waals surface area (Å²) < 4.78 is 0.963. The van der Waals surface area contributed by atoms with Gasteiger partial charge in [0.2, 0.25) is 0 Å². The number of anilines is 1. The van der Waals surface area contributed by atoms with Gasteiger partial charge in [0.1, 0.15) is 10.8 Å². The van der Waals surface area contributed by atoms with Crippen LogP contribution < -0.4 is 4.90 Å². The fourth-order valence-corrected chi connectivity index (χ4v) is 4.23. The second kappa shape index (κ2) is 8.75. The Kier molecular flexibility index (Phi) is 5.92. The van der Waals surface area contributed by atoms with Crippen LogP contribution in [-0.2, 0) is 0 Å². The molecule has 1 fully saturated rings. The summed E-state index contributed by atoms with van der Waals surface area (Å²) in [7, 11) is 0. The van der Waals surface area contributed by atoms with Crippen LogP contribution >= 0.6 is 27.7 Å². The minimum absolute atomic E-state index is 0.0370. The zero-order chi connectivity index (χ0) is 19.3. The molecule has 0 N–H and O–H groups in total. The molecule has 5 nitrogen and oxygen atoms in total. The van der Waals surface area contributed by atoms with Gasteiger partial charge in [0.05, 0.1) is 5.56 Å². The molecule has 1 saturated heterocycles. The quantitative estimate of drug-likeness (QED) is 0.586. The Labute approximate surface area is 176 Å². The van der Waals surface area contributed by atoms with Gasteiger partial charge < -0.3 is 9.80 Å². The van der Waals surface area contributed by atoms with Crippen LogP contribution in [0, 0.1) is 0 Å². The molecule has 1 aliphatic heterocycles. The molecule has 3 aromatic rings. The molecule has 0 saturated carbocycles. The van der Waals surface area contributed by atoms with Crippen molar-refractivity contribution in [1.29, 1.82) is 0 Å². The van der Waals surface area contributed by atoms with Gasteiger partial charge in [0.25, 0.3) is 5.91 Å². The lowest BCUT2D eigenvalue weighted by atomic mass is 10.2. The fraction of sp³-hybridized carbons (Fsp3) is 0.190. The highest BCUT2D eigenvalue weighted by Crippen LogP contribution is 2.29. The second-order valence-corrected chi connectivity index (χ2v) is 8.36. The Balaban J connectivity index is 1.45. The molecule has 0 radical (unpaired) electrons. The molecule has 1 aliphatic rings. The van der Waals surface area contributed by atoms with E-state index in [-0.39, 0.29) is 5.91 Å². The monoisotopic (exact) mass is 454 g/mol. The van der Waals surface area contributed by atoms with Gasteiger partial charge in [0, 0.05) is 47.9 Å². The number of aromatic nitrogens is 2. The minimum Gasteiger partial charge on any atom is -0.353 e. The van der Waals surface area contributed by atoms with E-state index in [0.29, 0.717) is 18.7 Å². The third kappa shape index (κ3) is 4.36. The van der Waals surface area contributed by atoms with Crippen LogP contribution in [0.5, 0.6) is 0 Å². The molecule has 4 rings (SSSR count). The lowest BCUT2D eigenvalue weighted by molar-refractivity contribution is 0.0742. The van der Waals surface area contributed by atoms with Gasteiger partial charge in [0.15, 0.2) is 0 Å². The summed E-state index contributed by atoms with van der Waals surface area (Å²) in [5.74, 6) is 0.979. The van der Waals surface area contributed by atoms with Crippen molar-refractivity contribution in [2.45, 2.75) is 9.92 Å². The van der Waals surface area contributed by atoms with Gasteiger partial charge in [-0.2, -0.15) is 0 Å². The van der Waals surface area contributed by atoms with Gasteiger partial charge in [-0.15, -0.1) is 0 Å². The van der Waals surface area contributed by atoms with Crippen molar-refractivity contribution in [2.75, 3.05) is 31.1 Å². The number of carbonyl (C=O) groups excluding carboxylic acids is 1. The number of benzene rings is 1.